The standard InChI is InChI=1S/C25H24N4O3S/c1-15(2)21(26-22(30)20-13-7-9-16-8-4-5-12-19(16)20)23(31)27-25-29-28-24(33-25)17-10-6-11-18(14-17)32-3/h4-15,21H,1-3H3,(H,26,30)(H,27,29,31). The molecule has 33 heavy (non-hydrogen) atoms. The van der Waals surface area contributed by atoms with Gasteiger partial charge in [0, 0.05) is 11.1 Å². The highest BCUT2D eigenvalue weighted by molar-refractivity contribution is 7.18. The van der Waals surface area contributed by atoms with Crippen LogP contribution in [0.25, 0.3) is 21.3 Å². The summed E-state index contributed by atoms with van der Waals surface area (Å²) in [4.78, 5) is 26.1. The number of carbonyl (C=O) groups is 2. The molecule has 0 saturated carbocycles. The van der Waals surface area contributed by atoms with Gasteiger partial charge in [0.2, 0.25) is 11.0 Å². The monoisotopic (exact) mass is 460 g/mol. The summed E-state index contributed by atoms with van der Waals surface area (Å²) >= 11 is 1.26. The number of fused-ring (bicyclic) bond motifs is 1. The summed E-state index contributed by atoms with van der Waals surface area (Å²) < 4.78 is 5.25. The number of amides is 2. The van der Waals surface area contributed by atoms with E-state index < -0.39 is 6.04 Å². The number of nitrogens with zero attached hydrogens (tertiary/aromatic N) is 2. The molecule has 0 aliphatic rings. The lowest BCUT2D eigenvalue weighted by atomic mass is 10.0. The third kappa shape index (κ3) is 5.01. The van der Waals surface area contributed by atoms with Crippen molar-refractivity contribution in [2.75, 3.05) is 12.4 Å². The Balaban J connectivity index is 1.50. The second-order valence-electron chi connectivity index (χ2n) is 7.86. The Bertz CT molecular complexity index is 1300. The fourth-order valence-corrected chi connectivity index (χ4v) is 4.25. The van der Waals surface area contributed by atoms with Crippen molar-refractivity contribution >= 4 is 39.1 Å². The maximum absolute atomic E-state index is 13.1. The third-order valence-electron chi connectivity index (χ3n) is 5.24. The quantitative estimate of drug-likeness (QED) is 0.415. The van der Waals surface area contributed by atoms with Crippen LogP contribution in [-0.4, -0.2) is 35.2 Å². The molecule has 0 saturated heterocycles. The van der Waals surface area contributed by atoms with E-state index in [1.165, 1.54) is 11.3 Å². The molecular weight excluding hydrogens is 436 g/mol. The van der Waals surface area contributed by atoms with Crippen LogP contribution in [0.3, 0.4) is 0 Å². The van der Waals surface area contributed by atoms with Gasteiger partial charge in [-0.25, -0.2) is 0 Å². The largest absolute Gasteiger partial charge is 0.497 e. The number of hydrogen-bond acceptors (Lipinski definition) is 6. The second-order valence-corrected chi connectivity index (χ2v) is 8.83. The predicted octanol–water partition coefficient (Wildman–Crippen LogP) is 4.76. The van der Waals surface area contributed by atoms with Gasteiger partial charge in [0.15, 0.2) is 0 Å². The summed E-state index contributed by atoms with van der Waals surface area (Å²) in [6.07, 6.45) is 0. The van der Waals surface area contributed by atoms with Crippen LogP contribution in [0.5, 0.6) is 5.75 Å². The average Bonchev–Trinajstić information content (AvgIpc) is 3.30. The maximum atomic E-state index is 13.1. The molecule has 4 aromatic rings. The van der Waals surface area contributed by atoms with Gasteiger partial charge in [-0.15, -0.1) is 10.2 Å². The van der Waals surface area contributed by atoms with Crippen LogP contribution in [0.2, 0.25) is 0 Å². The molecule has 168 valence electrons. The summed E-state index contributed by atoms with van der Waals surface area (Å²) in [5.41, 5.74) is 1.37. The molecule has 1 unspecified atom stereocenters. The topological polar surface area (TPSA) is 93.2 Å². The molecule has 1 aromatic heterocycles. The van der Waals surface area contributed by atoms with Crippen molar-refractivity contribution in [2.45, 2.75) is 19.9 Å². The SMILES string of the molecule is COc1cccc(-c2nnc(NC(=O)C(NC(=O)c3cccc4ccccc34)C(C)C)s2)c1. The van der Waals surface area contributed by atoms with E-state index in [-0.39, 0.29) is 17.7 Å². The Hall–Kier alpha value is -3.78. The minimum atomic E-state index is -0.736. The third-order valence-corrected chi connectivity index (χ3v) is 6.13. The zero-order valence-electron chi connectivity index (χ0n) is 18.5. The van der Waals surface area contributed by atoms with E-state index in [2.05, 4.69) is 20.8 Å². The number of aromatic nitrogens is 2. The first-order valence-electron chi connectivity index (χ1n) is 10.5. The van der Waals surface area contributed by atoms with Crippen molar-refractivity contribution in [3.63, 3.8) is 0 Å². The molecule has 2 N–H and O–H groups in total. The Morgan fingerprint density at radius 1 is 0.970 bits per heavy atom. The molecule has 1 atom stereocenters. The molecule has 0 radical (unpaired) electrons. The van der Waals surface area contributed by atoms with Crippen LogP contribution in [-0.2, 0) is 4.79 Å². The molecule has 8 heteroatoms. The molecular formula is C25H24N4O3S. The molecule has 7 nitrogen and oxygen atoms in total. The van der Waals surface area contributed by atoms with E-state index >= 15 is 0 Å². The van der Waals surface area contributed by atoms with Gasteiger partial charge in [0.1, 0.15) is 16.8 Å². The van der Waals surface area contributed by atoms with E-state index in [0.29, 0.717) is 21.5 Å². The van der Waals surface area contributed by atoms with Crippen LogP contribution >= 0.6 is 11.3 Å². The van der Waals surface area contributed by atoms with Gasteiger partial charge in [0.05, 0.1) is 7.11 Å². The smallest absolute Gasteiger partial charge is 0.252 e. The normalized spacial score (nSPS) is 11.9. The lowest BCUT2D eigenvalue weighted by Gasteiger charge is -2.21. The number of ether oxygens (including phenoxy) is 1. The minimum Gasteiger partial charge on any atom is -0.497 e. The Morgan fingerprint density at radius 3 is 2.52 bits per heavy atom. The lowest BCUT2D eigenvalue weighted by molar-refractivity contribution is -0.118. The fourth-order valence-electron chi connectivity index (χ4n) is 3.51. The van der Waals surface area contributed by atoms with Crippen LogP contribution < -0.4 is 15.4 Å². The molecule has 0 bridgehead atoms. The van der Waals surface area contributed by atoms with E-state index in [4.69, 9.17) is 4.74 Å². The van der Waals surface area contributed by atoms with Gasteiger partial charge < -0.3 is 10.1 Å². The molecule has 1 heterocycles. The fraction of sp³-hybridized carbons (Fsp3) is 0.200. The van der Waals surface area contributed by atoms with Crippen LogP contribution in [0, 0.1) is 5.92 Å². The number of rotatable bonds is 7. The molecule has 0 aliphatic carbocycles. The molecule has 3 aromatic carbocycles. The predicted molar refractivity (Wildman–Crippen MR) is 131 cm³/mol. The van der Waals surface area contributed by atoms with Crippen molar-refractivity contribution in [3.05, 3.63) is 72.3 Å². The zero-order chi connectivity index (χ0) is 23.4. The van der Waals surface area contributed by atoms with Gasteiger partial charge in [0.25, 0.3) is 5.91 Å². The van der Waals surface area contributed by atoms with E-state index in [9.17, 15) is 9.59 Å². The summed E-state index contributed by atoms with van der Waals surface area (Å²) in [5.74, 6) is -0.0547. The molecule has 0 aliphatic heterocycles. The molecule has 4 rings (SSSR count). The molecule has 0 fully saturated rings. The van der Waals surface area contributed by atoms with E-state index in [1.807, 2.05) is 74.5 Å². The average molecular weight is 461 g/mol. The highest BCUT2D eigenvalue weighted by Crippen LogP contribution is 2.29. The van der Waals surface area contributed by atoms with Crippen molar-refractivity contribution in [2.24, 2.45) is 5.92 Å². The Morgan fingerprint density at radius 2 is 1.73 bits per heavy atom. The highest BCUT2D eigenvalue weighted by atomic mass is 32.1. The summed E-state index contributed by atoms with van der Waals surface area (Å²) in [6.45, 7) is 3.77. The highest BCUT2D eigenvalue weighted by Gasteiger charge is 2.26. The van der Waals surface area contributed by atoms with E-state index in [0.717, 1.165) is 16.3 Å². The first kappa shape index (κ1) is 22.4. The summed E-state index contributed by atoms with van der Waals surface area (Å²) in [7, 11) is 1.60. The van der Waals surface area contributed by atoms with Crippen molar-refractivity contribution in [3.8, 4) is 16.3 Å². The van der Waals surface area contributed by atoms with Crippen LogP contribution in [0.4, 0.5) is 5.13 Å². The summed E-state index contributed by atoms with van der Waals surface area (Å²) in [5, 5.41) is 16.8. The van der Waals surface area contributed by atoms with Crippen molar-refractivity contribution in [1.29, 1.82) is 0 Å². The second kappa shape index (κ2) is 9.79. The van der Waals surface area contributed by atoms with Gasteiger partial charge >= 0.3 is 0 Å². The van der Waals surface area contributed by atoms with Gasteiger partial charge in [-0.05, 0) is 34.9 Å². The van der Waals surface area contributed by atoms with E-state index in [1.54, 1.807) is 13.2 Å². The van der Waals surface area contributed by atoms with Crippen molar-refractivity contribution in [1.82, 2.24) is 15.5 Å². The first-order chi connectivity index (χ1) is 16.0. The minimum absolute atomic E-state index is 0.130. The number of anilines is 1. The first-order valence-corrected chi connectivity index (χ1v) is 11.4. The maximum Gasteiger partial charge on any atom is 0.252 e. The van der Waals surface area contributed by atoms with Crippen molar-refractivity contribution < 1.29 is 14.3 Å². The number of benzene rings is 3. The summed E-state index contributed by atoms with van der Waals surface area (Å²) in [6, 6.07) is 19.9. The lowest BCUT2D eigenvalue weighted by Crippen LogP contribution is -2.47. The Kier molecular flexibility index (Phi) is 6.65. The van der Waals surface area contributed by atoms with Gasteiger partial charge in [-0.1, -0.05) is 73.7 Å². The number of hydrogen-bond donors (Lipinski definition) is 2. The zero-order valence-corrected chi connectivity index (χ0v) is 19.3. The number of nitrogens with one attached hydrogen (secondary N) is 2. The number of methoxy groups -OCH3 is 1. The van der Waals surface area contributed by atoms with Crippen LogP contribution in [0.1, 0.15) is 24.2 Å². The van der Waals surface area contributed by atoms with Crippen LogP contribution in [0.15, 0.2) is 66.7 Å². The van der Waals surface area contributed by atoms with Gasteiger partial charge in [-0.2, -0.15) is 0 Å². The Labute approximate surface area is 195 Å². The molecule has 2 amide bonds. The number of carbonyl (C=O) groups excluding carboxylic acids is 2. The molecule has 0 spiro atoms. The van der Waals surface area contributed by atoms with Gasteiger partial charge in [-0.3, -0.25) is 14.9 Å².